The molecule has 0 aliphatic rings. The molecule has 2 N–H and O–H groups in total. The lowest BCUT2D eigenvalue weighted by Gasteiger charge is -2.15. The van der Waals surface area contributed by atoms with Gasteiger partial charge in [0.15, 0.2) is 0 Å². The number of benzene rings is 1. The fourth-order valence-corrected chi connectivity index (χ4v) is 2.22. The quantitative estimate of drug-likeness (QED) is 0.696. The van der Waals surface area contributed by atoms with Crippen LogP contribution in [-0.4, -0.2) is 26.4 Å². The Morgan fingerprint density at radius 1 is 1.18 bits per heavy atom. The summed E-state index contributed by atoms with van der Waals surface area (Å²) in [7, 11) is 2.02. The van der Waals surface area contributed by atoms with Gasteiger partial charge in [0.25, 0.3) is 0 Å². The van der Waals surface area contributed by atoms with E-state index < -0.39 is 0 Å². The van der Waals surface area contributed by atoms with Gasteiger partial charge in [-0.15, -0.1) is 11.8 Å². The summed E-state index contributed by atoms with van der Waals surface area (Å²) >= 11 is 1.79. The Balaban J connectivity index is 2.29. The second kappa shape index (κ2) is 8.56. The second-order valence-corrected chi connectivity index (χ2v) is 5.19. The van der Waals surface area contributed by atoms with Crippen LogP contribution >= 0.6 is 11.8 Å². The molecule has 1 aromatic rings. The molecule has 2 nitrogen and oxygen atoms in total. The maximum Gasteiger partial charge on any atom is 0.0205 e. The van der Waals surface area contributed by atoms with Crippen LogP contribution < -0.4 is 10.6 Å². The zero-order valence-electron chi connectivity index (χ0n) is 11.1. The Bertz CT molecular complexity index is 298. The standard InChI is InChI=1S/C14H24N2S/c1-4-12(9-15-2)10-16-11-13-5-7-14(17-3)8-6-13/h5-8,12,15-16H,4,9-11H2,1-3H3. The van der Waals surface area contributed by atoms with Crippen LogP contribution in [0.15, 0.2) is 29.2 Å². The summed E-state index contributed by atoms with van der Waals surface area (Å²) in [5.74, 6) is 0.727. The second-order valence-electron chi connectivity index (χ2n) is 4.31. The van der Waals surface area contributed by atoms with E-state index >= 15 is 0 Å². The van der Waals surface area contributed by atoms with Crippen molar-refractivity contribution in [3.63, 3.8) is 0 Å². The van der Waals surface area contributed by atoms with E-state index in [1.54, 1.807) is 11.8 Å². The average molecular weight is 252 g/mol. The Hall–Kier alpha value is -0.510. The monoisotopic (exact) mass is 252 g/mol. The van der Waals surface area contributed by atoms with Crippen molar-refractivity contribution in [3.05, 3.63) is 29.8 Å². The third-order valence-electron chi connectivity index (χ3n) is 2.99. The molecule has 0 aromatic heterocycles. The maximum atomic E-state index is 3.53. The molecule has 0 fully saturated rings. The summed E-state index contributed by atoms with van der Waals surface area (Å²) in [5.41, 5.74) is 1.36. The zero-order valence-corrected chi connectivity index (χ0v) is 11.9. The molecule has 0 aliphatic carbocycles. The van der Waals surface area contributed by atoms with Gasteiger partial charge in [-0.2, -0.15) is 0 Å². The van der Waals surface area contributed by atoms with Gasteiger partial charge in [-0.25, -0.2) is 0 Å². The number of rotatable bonds is 8. The summed E-state index contributed by atoms with van der Waals surface area (Å²) in [5, 5.41) is 6.77. The molecule has 1 rings (SSSR count). The van der Waals surface area contributed by atoms with Crippen molar-refractivity contribution < 1.29 is 0 Å². The van der Waals surface area contributed by atoms with Gasteiger partial charge in [0.1, 0.15) is 0 Å². The van der Waals surface area contributed by atoms with Crippen molar-refractivity contribution in [1.29, 1.82) is 0 Å². The molecule has 17 heavy (non-hydrogen) atoms. The summed E-state index contributed by atoms with van der Waals surface area (Å²) in [6, 6.07) is 8.79. The number of thioether (sulfide) groups is 1. The Kier molecular flexibility index (Phi) is 7.33. The number of nitrogens with one attached hydrogen (secondary N) is 2. The average Bonchev–Trinajstić information content (AvgIpc) is 2.38. The molecule has 0 saturated carbocycles. The first-order valence-electron chi connectivity index (χ1n) is 6.28. The van der Waals surface area contributed by atoms with E-state index in [1.807, 2.05) is 7.05 Å². The molecule has 1 unspecified atom stereocenters. The highest BCUT2D eigenvalue weighted by Crippen LogP contribution is 2.14. The fraction of sp³-hybridized carbons (Fsp3) is 0.571. The minimum Gasteiger partial charge on any atom is -0.319 e. The van der Waals surface area contributed by atoms with E-state index in [2.05, 4.69) is 48.1 Å². The maximum absolute atomic E-state index is 3.53. The summed E-state index contributed by atoms with van der Waals surface area (Å²) in [6.07, 6.45) is 3.33. The van der Waals surface area contributed by atoms with Gasteiger partial charge < -0.3 is 10.6 Å². The minimum absolute atomic E-state index is 0.727. The van der Waals surface area contributed by atoms with Crippen LogP contribution in [0.1, 0.15) is 18.9 Å². The van der Waals surface area contributed by atoms with E-state index in [0.29, 0.717) is 0 Å². The summed E-state index contributed by atoms with van der Waals surface area (Å²) < 4.78 is 0. The molecular formula is C14H24N2S. The largest absolute Gasteiger partial charge is 0.319 e. The van der Waals surface area contributed by atoms with Crippen LogP contribution in [0.3, 0.4) is 0 Å². The lowest BCUT2D eigenvalue weighted by Crippen LogP contribution is -2.29. The van der Waals surface area contributed by atoms with Crippen LogP contribution in [0.25, 0.3) is 0 Å². The van der Waals surface area contributed by atoms with Crippen molar-refractivity contribution in [1.82, 2.24) is 10.6 Å². The molecule has 1 aromatic carbocycles. The van der Waals surface area contributed by atoms with Crippen molar-refractivity contribution in [2.45, 2.75) is 24.8 Å². The predicted octanol–water partition coefficient (Wildman–Crippen LogP) is 2.74. The van der Waals surface area contributed by atoms with Crippen LogP contribution in [0.4, 0.5) is 0 Å². The van der Waals surface area contributed by atoms with Gasteiger partial charge in [0.2, 0.25) is 0 Å². The lowest BCUT2D eigenvalue weighted by atomic mass is 10.1. The first-order chi connectivity index (χ1) is 8.30. The molecule has 0 saturated heterocycles. The smallest absolute Gasteiger partial charge is 0.0205 e. The van der Waals surface area contributed by atoms with Crippen LogP contribution in [0.5, 0.6) is 0 Å². The zero-order chi connectivity index (χ0) is 12.5. The normalized spacial score (nSPS) is 12.6. The first-order valence-corrected chi connectivity index (χ1v) is 7.50. The fourth-order valence-electron chi connectivity index (χ4n) is 1.81. The third-order valence-corrected chi connectivity index (χ3v) is 3.73. The summed E-state index contributed by atoms with van der Waals surface area (Å²) in [4.78, 5) is 1.33. The molecule has 1 atom stereocenters. The molecule has 0 bridgehead atoms. The van der Waals surface area contributed by atoms with Gasteiger partial charge >= 0.3 is 0 Å². The van der Waals surface area contributed by atoms with Gasteiger partial charge in [-0.1, -0.05) is 25.5 Å². The van der Waals surface area contributed by atoms with Gasteiger partial charge in [-0.05, 0) is 50.0 Å². The lowest BCUT2D eigenvalue weighted by molar-refractivity contribution is 0.445. The topological polar surface area (TPSA) is 24.1 Å². The molecule has 3 heteroatoms. The van der Waals surface area contributed by atoms with E-state index in [-0.39, 0.29) is 0 Å². The van der Waals surface area contributed by atoms with Crippen LogP contribution in [-0.2, 0) is 6.54 Å². The van der Waals surface area contributed by atoms with Crippen molar-refractivity contribution in [3.8, 4) is 0 Å². The molecule has 0 spiro atoms. The predicted molar refractivity (Wildman–Crippen MR) is 77.6 cm³/mol. The van der Waals surface area contributed by atoms with Gasteiger partial charge in [-0.3, -0.25) is 0 Å². The van der Waals surface area contributed by atoms with Crippen molar-refractivity contribution in [2.24, 2.45) is 5.92 Å². The van der Waals surface area contributed by atoms with Crippen molar-refractivity contribution >= 4 is 11.8 Å². The van der Waals surface area contributed by atoms with Gasteiger partial charge in [0.05, 0.1) is 0 Å². The van der Waals surface area contributed by atoms with E-state index in [0.717, 1.165) is 25.6 Å². The number of hydrogen-bond donors (Lipinski definition) is 2. The highest BCUT2D eigenvalue weighted by atomic mass is 32.2. The number of hydrogen-bond acceptors (Lipinski definition) is 3. The third kappa shape index (κ3) is 5.57. The molecular weight excluding hydrogens is 228 g/mol. The SMILES string of the molecule is CCC(CNC)CNCc1ccc(SC)cc1. The minimum atomic E-state index is 0.727. The van der Waals surface area contributed by atoms with Crippen LogP contribution in [0.2, 0.25) is 0 Å². The Labute approximate surface area is 110 Å². The van der Waals surface area contributed by atoms with Crippen molar-refractivity contribution in [2.75, 3.05) is 26.4 Å². The highest BCUT2D eigenvalue weighted by molar-refractivity contribution is 7.98. The molecule has 0 heterocycles. The Morgan fingerprint density at radius 2 is 1.88 bits per heavy atom. The van der Waals surface area contributed by atoms with Gasteiger partial charge in [0, 0.05) is 11.4 Å². The van der Waals surface area contributed by atoms with E-state index in [1.165, 1.54) is 16.9 Å². The Morgan fingerprint density at radius 3 is 2.41 bits per heavy atom. The highest BCUT2D eigenvalue weighted by Gasteiger charge is 2.03. The van der Waals surface area contributed by atoms with Crippen LogP contribution in [0, 0.1) is 5.92 Å². The molecule has 96 valence electrons. The van der Waals surface area contributed by atoms with E-state index in [9.17, 15) is 0 Å². The molecule has 0 aliphatic heterocycles. The molecule has 0 amide bonds. The van der Waals surface area contributed by atoms with E-state index in [4.69, 9.17) is 0 Å². The summed E-state index contributed by atoms with van der Waals surface area (Å²) in [6.45, 7) is 5.39. The first kappa shape index (κ1) is 14.6. The molecule has 0 radical (unpaired) electrons.